The molecule has 0 bridgehead atoms. The maximum absolute atomic E-state index is 10.7. The second-order valence-electron chi connectivity index (χ2n) is 3.44. The maximum atomic E-state index is 10.7. The second kappa shape index (κ2) is 6.18. The SMILES string of the molecule is CN(CC(=O)O)/N=N/c1cccc(NC(N)=O)c1. The van der Waals surface area contributed by atoms with E-state index in [1.54, 1.807) is 24.3 Å². The molecule has 4 N–H and O–H groups in total. The number of rotatable bonds is 5. The number of carbonyl (C=O) groups is 2. The number of primary amides is 1. The van der Waals surface area contributed by atoms with Crippen LogP contribution in [-0.4, -0.2) is 35.7 Å². The first-order chi connectivity index (χ1) is 8.47. The maximum Gasteiger partial charge on any atom is 0.324 e. The van der Waals surface area contributed by atoms with Gasteiger partial charge in [-0.3, -0.25) is 9.80 Å². The Labute approximate surface area is 103 Å². The Balaban J connectivity index is 2.69. The highest BCUT2D eigenvalue weighted by atomic mass is 16.4. The molecule has 0 heterocycles. The summed E-state index contributed by atoms with van der Waals surface area (Å²) in [4.78, 5) is 21.0. The van der Waals surface area contributed by atoms with Crippen LogP contribution < -0.4 is 11.1 Å². The molecule has 0 atom stereocenters. The summed E-state index contributed by atoms with van der Waals surface area (Å²) in [6, 6.07) is 5.85. The number of carbonyl (C=O) groups excluding carboxylic acids is 1. The van der Waals surface area contributed by atoms with Crippen LogP contribution in [0.25, 0.3) is 0 Å². The van der Waals surface area contributed by atoms with Crippen molar-refractivity contribution >= 4 is 23.4 Å². The van der Waals surface area contributed by atoms with Crippen molar-refractivity contribution in [3.8, 4) is 0 Å². The predicted molar refractivity (Wildman–Crippen MR) is 64.4 cm³/mol. The first-order valence-electron chi connectivity index (χ1n) is 4.98. The summed E-state index contributed by atoms with van der Waals surface area (Å²) in [7, 11) is 1.49. The third kappa shape index (κ3) is 4.92. The number of carboxylic acids is 1. The molecule has 0 aromatic heterocycles. The Hall–Kier alpha value is -2.64. The van der Waals surface area contributed by atoms with Gasteiger partial charge < -0.3 is 16.2 Å². The van der Waals surface area contributed by atoms with Gasteiger partial charge >= 0.3 is 12.0 Å². The Morgan fingerprint density at radius 2 is 2.22 bits per heavy atom. The summed E-state index contributed by atoms with van der Waals surface area (Å²) >= 11 is 0. The standard InChI is InChI=1S/C10H13N5O3/c1-15(6-9(16)17)14-13-8-4-2-3-7(5-8)12-10(11)18/h2-5H,6H2,1H3,(H,16,17)(H3,11,12,18)/b14-13+. The van der Waals surface area contributed by atoms with Gasteiger partial charge in [0, 0.05) is 12.7 Å². The number of amides is 2. The molecule has 1 aromatic rings. The summed E-state index contributed by atoms with van der Waals surface area (Å²) in [5, 5.41) is 19.6. The Bertz CT molecular complexity index is 474. The van der Waals surface area contributed by atoms with Gasteiger partial charge in [-0.05, 0) is 18.2 Å². The number of aliphatic carboxylic acids is 1. The Kier molecular flexibility index (Phi) is 4.61. The number of nitrogens with two attached hydrogens (primary N) is 1. The van der Waals surface area contributed by atoms with E-state index < -0.39 is 12.0 Å². The summed E-state index contributed by atoms with van der Waals surface area (Å²) in [6.07, 6.45) is 0. The molecule has 0 unspecified atom stereocenters. The van der Waals surface area contributed by atoms with Crippen LogP contribution in [0.2, 0.25) is 0 Å². The Morgan fingerprint density at radius 1 is 1.50 bits per heavy atom. The monoisotopic (exact) mass is 251 g/mol. The molecule has 8 nitrogen and oxygen atoms in total. The number of benzene rings is 1. The van der Waals surface area contributed by atoms with Crippen molar-refractivity contribution in [1.29, 1.82) is 0 Å². The van der Waals surface area contributed by atoms with Crippen LogP contribution in [0.3, 0.4) is 0 Å². The van der Waals surface area contributed by atoms with Crippen LogP contribution in [0.5, 0.6) is 0 Å². The molecule has 0 aliphatic heterocycles. The molecule has 0 fully saturated rings. The first-order valence-corrected chi connectivity index (χ1v) is 4.98. The van der Waals surface area contributed by atoms with Crippen molar-refractivity contribution < 1.29 is 14.7 Å². The fraction of sp³-hybridized carbons (Fsp3) is 0.200. The zero-order valence-corrected chi connectivity index (χ0v) is 9.70. The lowest BCUT2D eigenvalue weighted by atomic mass is 10.3. The quantitative estimate of drug-likeness (QED) is 0.537. The molecule has 0 saturated heterocycles. The lowest BCUT2D eigenvalue weighted by molar-refractivity contribution is -0.138. The van der Waals surface area contributed by atoms with Crippen molar-refractivity contribution in [3.63, 3.8) is 0 Å². The average molecular weight is 251 g/mol. The topological polar surface area (TPSA) is 120 Å². The smallest absolute Gasteiger partial charge is 0.324 e. The molecular weight excluding hydrogens is 238 g/mol. The molecule has 1 rings (SSSR count). The molecule has 0 radical (unpaired) electrons. The number of anilines is 1. The molecule has 96 valence electrons. The van der Waals surface area contributed by atoms with E-state index in [4.69, 9.17) is 10.8 Å². The van der Waals surface area contributed by atoms with Gasteiger partial charge in [0.2, 0.25) is 0 Å². The Morgan fingerprint density at radius 3 is 2.83 bits per heavy atom. The van der Waals surface area contributed by atoms with Gasteiger partial charge in [0.1, 0.15) is 6.54 Å². The number of likely N-dealkylation sites (N-methyl/N-ethyl adjacent to an activating group) is 1. The van der Waals surface area contributed by atoms with Crippen molar-refractivity contribution in [2.24, 2.45) is 16.1 Å². The molecule has 1 aromatic carbocycles. The van der Waals surface area contributed by atoms with E-state index in [2.05, 4.69) is 15.7 Å². The lowest BCUT2D eigenvalue weighted by Crippen LogP contribution is -2.19. The highest BCUT2D eigenvalue weighted by Crippen LogP contribution is 2.18. The van der Waals surface area contributed by atoms with Crippen LogP contribution in [0.1, 0.15) is 0 Å². The second-order valence-corrected chi connectivity index (χ2v) is 3.44. The van der Waals surface area contributed by atoms with Crippen LogP contribution in [0, 0.1) is 0 Å². The molecule has 18 heavy (non-hydrogen) atoms. The third-order valence-electron chi connectivity index (χ3n) is 1.79. The number of hydrogen-bond acceptors (Lipinski definition) is 4. The van der Waals surface area contributed by atoms with E-state index >= 15 is 0 Å². The third-order valence-corrected chi connectivity index (χ3v) is 1.79. The normalized spacial score (nSPS) is 10.3. The van der Waals surface area contributed by atoms with Crippen molar-refractivity contribution in [2.45, 2.75) is 0 Å². The lowest BCUT2D eigenvalue weighted by Gasteiger charge is -2.07. The van der Waals surface area contributed by atoms with Gasteiger partial charge in [-0.25, -0.2) is 4.79 Å². The molecule has 0 spiro atoms. The van der Waals surface area contributed by atoms with Crippen LogP contribution in [-0.2, 0) is 4.79 Å². The van der Waals surface area contributed by atoms with Gasteiger partial charge in [0.25, 0.3) is 0 Å². The summed E-state index contributed by atoms with van der Waals surface area (Å²) in [5.41, 5.74) is 5.93. The molecule has 0 aliphatic carbocycles. The fourth-order valence-electron chi connectivity index (χ4n) is 1.14. The molecular formula is C10H13N5O3. The van der Waals surface area contributed by atoms with Crippen LogP contribution in [0.15, 0.2) is 34.6 Å². The zero-order valence-electron chi connectivity index (χ0n) is 9.70. The van der Waals surface area contributed by atoms with Crippen molar-refractivity contribution in [3.05, 3.63) is 24.3 Å². The van der Waals surface area contributed by atoms with E-state index in [9.17, 15) is 9.59 Å². The largest absolute Gasteiger partial charge is 0.480 e. The van der Waals surface area contributed by atoms with E-state index in [1.165, 1.54) is 12.1 Å². The number of carboxylic acid groups (broad SMARTS) is 1. The highest BCUT2D eigenvalue weighted by molar-refractivity contribution is 5.88. The minimum Gasteiger partial charge on any atom is -0.480 e. The average Bonchev–Trinajstić information content (AvgIpc) is 2.25. The molecule has 8 heteroatoms. The first kappa shape index (κ1) is 13.4. The van der Waals surface area contributed by atoms with Gasteiger partial charge in [0.15, 0.2) is 0 Å². The van der Waals surface area contributed by atoms with E-state index in [1.807, 2.05) is 0 Å². The number of urea groups is 1. The van der Waals surface area contributed by atoms with Gasteiger partial charge in [-0.15, -0.1) is 5.11 Å². The fourth-order valence-corrected chi connectivity index (χ4v) is 1.14. The zero-order chi connectivity index (χ0) is 13.5. The van der Waals surface area contributed by atoms with Crippen molar-refractivity contribution in [1.82, 2.24) is 5.01 Å². The minimum absolute atomic E-state index is 0.247. The summed E-state index contributed by atoms with van der Waals surface area (Å²) in [6.45, 7) is -0.247. The van der Waals surface area contributed by atoms with Crippen molar-refractivity contribution in [2.75, 3.05) is 18.9 Å². The number of hydrogen-bond donors (Lipinski definition) is 3. The molecule has 2 amide bonds. The molecule has 0 saturated carbocycles. The number of nitrogens with one attached hydrogen (secondary N) is 1. The minimum atomic E-state index is -0.999. The van der Waals surface area contributed by atoms with E-state index in [0.29, 0.717) is 11.4 Å². The summed E-state index contributed by atoms with van der Waals surface area (Å²) < 4.78 is 0. The van der Waals surface area contributed by atoms with E-state index in [-0.39, 0.29) is 6.54 Å². The molecule has 0 aliphatic rings. The van der Waals surface area contributed by atoms with E-state index in [0.717, 1.165) is 0 Å². The van der Waals surface area contributed by atoms with Gasteiger partial charge in [-0.1, -0.05) is 11.3 Å². The van der Waals surface area contributed by atoms with Crippen LogP contribution in [0.4, 0.5) is 16.2 Å². The predicted octanol–water partition coefficient (Wildman–Crippen LogP) is 1.19. The van der Waals surface area contributed by atoms with Gasteiger partial charge in [-0.2, -0.15) is 0 Å². The number of nitrogens with zero attached hydrogens (tertiary/aromatic N) is 3. The van der Waals surface area contributed by atoms with Gasteiger partial charge in [0.05, 0.1) is 5.69 Å². The summed E-state index contributed by atoms with van der Waals surface area (Å²) in [5.74, 6) is -0.999. The highest BCUT2D eigenvalue weighted by Gasteiger charge is 2.01. The van der Waals surface area contributed by atoms with Crippen LogP contribution >= 0.6 is 0 Å².